The molecule has 0 radical (unpaired) electrons. The molecule has 0 spiro atoms. The van der Waals surface area contributed by atoms with E-state index >= 15 is 0 Å². The number of benzene rings is 1. The van der Waals surface area contributed by atoms with Crippen molar-refractivity contribution in [1.82, 2.24) is 0 Å². The van der Waals surface area contributed by atoms with Gasteiger partial charge in [0.1, 0.15) is 5.75 Å². The fourth-order valence-corrected chi connectivity index (χ4v) is 2.08. The van der Waals surface area contributed by atoms with Crippen LogP contribution >= 0.6 is 15.9 Å². The Hall–Kier alpha value is -1.04. The summed E-state index contributed by atoms with van der Waals surface area (Å²) in [4.78, 5) is 11.3. The average Bonchev–Trinajstić information content (AvgIpc) is 2.15. The lowest BCUT2D eigenvalue weighted by atomic mass is 10.1. The topological polar surface area (TPSA) is 26.3 Å². The molecular weight excluding hydrogens is 301 g/mol. The quantitative estimate of drug-likeness (QED) is 0.787. The van der Waals surface area contributed by atoms with E-state index in [9.17, 15) is 18.0 Å². The van der Waals surface area contributed by atoms with Crippen LogP contribution in [0.3, 0.4) is 0 Å². The van der Waals surface area contributed by atoms with Gasteiger partial charge >= 0.3 is 6.18 Å². The van der Waals surface area contributed by atoms with Crippen LogP contribution in [0.5, 0.6) is 5.75 Å². The number of hydrogen-bond acceptors (Lipinski definition) is 2. The second-order valence-electron chi connectivity index (χ2n) is 3.32. The minimum absolute atomic E-state index is 0.0540. The van der Waals surface area contributed by atoms with E-state index in [-0.39, 0.29) is 28.2 Å². The molecule has 0 aliphatic carbocycles. The van der Waals surface area contributed by atoms with Crippen LogP contribution in [0.25, 0.3) is 0 Å². The zero-order chi connectivity index (χ0) is 13.2. The number of hydrogen-bond donors (Lipinski definition) is 0. The standard InChI is InChI=1S/C11H10BrF3O2/c1-3-17-9-5-7(11(13,14)15)4-8(12)10(9)6(2)16/h4-5H,3H2,1-2H3. The molecule has 0 unspecified atom stereocenters. The van der Waals surface area contributed by atoms with E-state index in [2.05, 4.69) is 15.9 Å². The molecule has 0 bridgehead atoms. The molecule has 2 nitrogen and oxygen atoms in total. The average molecular weight is 311 g/mol. The summed E-state index contributed by atoms with van der Waals surface area (Å²) in [5, 5.41) is 0. The van der Waals surface area contributed by atoms with Gasteiger partial charge in [0.2, 0.25) is 0 Å². The number of alkyl halides is 3. The maximum atomic E-state index is 12.6. The first kappa shape index (κ1) is 14.0. The van der Waals surface area contributed by atoms with Gasteiger partial charge in [0.25, 0.3) is 0 Å². The number of carbonyl (C=O) groups excluding carboxylic acids is 1. The predicted molar refractivity (Wildman–Crippen MR) is 60.3 cm³/mol. The summed E-state index contributed by atoms with van der Waals surface area (Å²) in [5.41, 5.74) is -0.724. The summed E-state index contributed by atoms with van der Waals surface area (Å²) in [6, 6.07) is 1.71. The van der Waals surface area contributed by atoms with Crippen LogP contribution in [0.4, 0.5) is 13.2 Å². The zero-order valence-electron chi connectivity index (χ0n) is 9.19. The van der Waals surface area contributed by atoms with Crippen LogP contribution in [0.15, 0.2) is 16.6 Å². The van der Waals surface area contributed by atoms with E-state index in [1.165, 1.54) is 6.92 Å². The van der Waals surface area contributed by atoms with E-state index in [1.54, 1.807) is 6.92 Å². The van der Waals surface area contributed by atoms with Crippen molar-refractivity contribution in [1.29, 1.82) is 0 Å². The van der Waals surface area contributed by atoms with E-state index in [0.29, 0.717) is 0 Å². The molecule has 0 aliphatic heterocycles. The Morgan fingerprint density at radius 2 is 2.00 bits per heavy atom. The Labute approximate surface area is 105 Å². The van der Waals surface area contributed by atoms with Gasteiger partial charge in [-0.1, -0.05) is 0 Å². The van der Waals surface area contributed by atoms with Crippen molar-refractivity contribution in [3.8, 4) is 5.75 Å². The van der Waals surface area contributed by atoms with Crippen LogP contribution < -0.4 is 4.74 Å². The highest BCUT2D eigenvalue weighted by atomic mass is 79.9. The Bertz CT molecular complexity index is 441. The van der Waals surface area contributed by atoms with Gasteiger partial charge in [-0.15, -0.1) is 0 Å². The van der Waals surface area contributed by atoms with E-state index in [1.807, 2.05) is 0 Å². The van der Waals surface area contributed by atoms with E-state index in [0.717, 1.165) is 12.1 Å². The highest BCUT2D eigenvalue weighted by molar-refractivity contribution is 9.10. The van der Waals surface area contributed by atoms with Crippen LogP contribution in [0.2, 0.25) is 0 Å². The molecule has 1 aromatic rings. The lowest BCUT2D eigenvalue weighted by Crippen LogP contribution is -2.09. The molecule has 94 valence electrons. The molecule has 0 heterocycles. The van der Waals surface area contributed by atoms with Crippen molar-refractivity contribution in [2.45, 2.75) is 20.0 Å². The first-order chi connectivity index (χ1) is 7.77. The van der Waals surface area contributed by atoms with Gasteiger partial charge < -0.3 is 4.74 Å². The van der Waals surface area contributed by atoms with Crippen molar-refractivity contribution >= 4 is 21.7 Å². The summed E-state index contributed by atoms with van der Waals surface area (Å²) in [6.45, 7) is 3.10. The molecule has 6 heteroatoms. The van der Waals surface area contributed by atoms with Crippen molar-refractivity contribution in [2.75, 3.05) is 6.61 Å². The molecule has 0 saturated carbocycles. The number of carbonyl (C=O) groups is 1. The minimum atomic E-state index is -4.47. The van der Waals surface area contributed by atoms with Crippen LogP contribution in [0, 0.1) is 0 Å². The first-order valence-electron chi connectivity index (χ1n) is 4.81. The van der Waals surface area contributed by atoms with Crippen molar-refractivity contribution < 1.29 is 22.7 Å². The van der Waals surface area contributed by atoms with Gasteiger partial charge in [-0.05, 0) is 41.9 Å². The van der Waals surface area contributed by atoms with Gasteiger partial charge in [0, 0.05) is 4.47 Å². The van der Waals surface area contributed by atoms with Crippen LogP contribution in [-0.4, -0.2) is 12.4 Å². The molecule has 17 heavy (non-hydrogen) atoms. The third kappa shape index (κ3) is 3.21. The van der Waals surface area contributed by atoms with Gasteiger partial charge in [-0.2, -0.15) is 13.2 Å². The molecule has 0 atom stereocenters. The van der Waals surface area contributed by atoms with Gasteiger partial charge in [0.15, 0.2) is 5.78 Å². The Morgan fingerprint density at radius 1 is 1.41 bits per heavy atom. The lowest BCUT2D eigenvalue weighted by molar-refractivity contribution is -0.137. The Kier molecular flexibility index (Phi) is 4.19. The number of rotatable bonds is 3. The lowest BCUT2D eigenvalue weighted by Gasteiger charge is -2.14. The fourth-order valence-electron chi connectivity index (χ4n) is 1.36. The van der Waals surface area contributed by atoms with E-state index in [4.69, 9.17) is 4.74 Å². The normalized spacial score (nSPS) is 11.4. The maximum Gasteiger partial charge on any atom is 0.416 e. The summed E-state index contributed by atoms with van der Waals surface area (Å²) in [7, 11) is 0. The monoisotopic (exact) mass is 310 g/mol. The number of ether oxygens (including phenoxy) is 1. The van der Waals surface area contributed by atoms with Crippen molar-refractivity contribution in [3.63, 3.8) is 0 Å². The number of Topliss-reactive ketones (excluding diaryl/α,β-unsaturated/α-hetero) is 1. The summed E-state index contributed by atoms with van der Waals surface area (Å²) >= 11 is 2.96. The molecule has 0 aromatic heterocycles. The van der Waals surface area contributed by atoms with Crippen molar-refractivity contribution in [3.05, 3.63) is 27.7 Å². The molecule has 0 fully saturated rings. The first-order valence-corrected chi connectivity index (χ1v) is 5.61. The Balaban J connectivity index is 3.41. The molecule has 0 aliphatic rings. The molecule has 0 saturated heterocycles. The third-order valence-corrected chi connectivity index (χ3v) is 2.66. The largest absolute Gasteiger partial charge is 0.493 e. The fraction of sp³-hybridized carbons (Fsp3) is 0.364. The highest BCUT2D eigenvalue weighted by Gasteiger charge is 2.32. The van der Waals surface area contributed by atoms with Crippen molar-refractivity contribution in [2.24, 2.45) is 0 Å². The molecule has 1 aromatic carbocycles. The maximum absolute atomic E-state index is 12.6. The second kappa shape index (κ2) is 5.08. The summed E-state index contributed by atoms with van der Waals surface area (Å²) < 4.78 is 42.8. The third-order valence-electron chi connectivity index (χ3n) is 2.03. The molecule has 1 rings (SSSR count). The zero-order valence-corrected chi connectivity index (χ0v) is 10.8. The second-order valence-corrected chi connectivity index (χ2v) is 4.17. The number of ketones is 1. The summed E-state index contributed by atoms with van der Waals surface area (Å²) in [5.74, 6) is -0.407. The predicted octanol–water partition coefficient (Wildman–Crippen LogP) is 4.07. The van der Waals surface area contributed by atoms with Gasteiger partial charge in [-0.3, -0.25) is 4.79 Å². The minimum Gasteiger partial charge on any atom is -0.493 e. The van der Waals surface area contributed by atoms with Gasteiger partial charge in [-0.25, -0.2) is 0 Å². The molecule has 0 amide bonds. The SMILES string of the molecule is CCOc1cc(C(F)(F)F)cc(Br)c1C(C)=O. The summed E-state index contributed by atoms with van der Waals surface area (Å²) in [6.07, 6.45) is -4.47. The van der Waals surface area contributed by atoms with E-state index < -0.39 is 11.7 Å². The van der Waals surface area contributed by atoms with Crippen LogP contribution in [-0.2, 0) is 6.18 Å². The Morgan fingerprint density at radius 3 is 2.41 bits per heavy atom. The molecule has 0 N–H and O–H groups in total. The van der Waals surface area contributed by atoms with Gasteiger partial charge in [0.05, 0.1) is 17.7 Å². The van der Waals surface area contributed by atoms with Crippen LogP contribution in [0.1, 0.15) is 29.8 Å². The number of halogens is 4. The highest BCUT2D eigenvalue weighted by Crippen LogP contribution is 2.37. The smallest absolute Gasteiger partial charge is 0.416 e. The molecular formula is C11H10BrF3O2.